The van der Waals surface area contributed by atoms with E-state index in [9.17, 15) is 4.79 Å². The molecule has 0 spiro atoms. The number of hydrazine groups is 1. The summed E-state index contributed by atoms with van der Waals surface area (Å²) in [4.78, 5) is 13.9. The molecule has 19 heavy (non-hydrogen) atoms. The van der Waals surface area contributed by atoms with Crippen LogP contribution >= 0.6 is 12.2 Å². The first-order chi connectivity index (χ1) is 9.20. The summed E-state index contributed by atoms with van der Waals surface area (Å²) in [6.45, 7) is 1.23. The van der Waals surface area contributed by atoms with Crippen molar-refractivity contribution in [3.63, 3.8) is 0 Å². The van der Waals surface area contributed by atoms with Crippen molar-refractivity contribution in [3.8, 4) is 0 Å². The number of para-hydroxylation sites is 1. The molecular weight excluding hydrogens is 260 g/mol. The lowest BCUT2D eigenvalue weighted by Crippen LogP contribution is -2.49. The van der Waals surface area contributed by atoms with Gasteiger partial charge >= 0.3 is 0 Å². The Morgan fingerprint density at radius 3 is 2.95 bits per heavy atom. The molecule has 0 unspecified atom stereocenters. The third-order valence-electron chi connectivity index (χ3n) is 3.08. The number of benzene rings is 1. The largest absolute Gasteiger partial charge is 0.364 e. The van der Waals surface area contributed by atoms with E-state index in [1.54, 1.807) is 7.05 Å². The average Bonchev–Trinajstić information content (AvgIpc) is 2.45. The zero-order valence-corrected chi connectivity index (χ0v) is 11.7. The lowest BCUT2D eigenvalue weighted by Gasteiger charge is -2.30. The maximum atomic E-state index is 11.8. The van der Waals surface area contributed by atoms with E-state index in [1.165, 1.54) is 5.56 Å². The minimum Gasteiger partial charge on any atom is -0.364 e. The number of aryl methyl sites for hydroxylation is 1. The second-order valence-electron chi connectivity index (χ2n) is 4.41. The molecule has 5 nitrogen and oxygen atoms in total. The molecule has 102 valence electrons. The Morgan fingerprint density at radius 2 is 2.16 bits per heavy atom. The molecule has 2 rings (SSSR count). The van der Waals surface area contributed by atoms with Gasteiger partial charge in [-0.25, -0.2) is 0 Å². The normalized spacial score (nSPS) is 13.4. The van der Waals surface area contributed by atoms with Crippen LogP contribution in [0.3, 0.4) is 0 Å². The highest BCUT2D eigenvalue weighted by Gasteiger charge is 2.18. The van der Waals surface area contributed by atoms with Gasteiger partial charge in [0.2, 0.25) is 0 Å². The molecule has 0 saturated carbocycles. The lowest BCUT2D eigenvalue weighted by molar-refractivity contribution is -0.120. The lowest BCUT2D eigenvalue weighted by atomic mass is 10.0. The molecule has 0 aliphatic carbocycles. The highest BCUT2D eigenvalue weighted by Crippen LogP contribution is 2.25. The number of thiocarbonyl (C=S) groups is 1. The van der Waals surface area contributed by atoms with Gasteiger partial charge in [-0.15, -0.1) is 0 Å². The van der Waals surface area contributed by atoms with Gasteiger partial charge in [-0.05, 0) is 36.7 Å². The van der Waals surface area contributed by atoms with Crippen molar-refractivity contribution in [2.75, 3.05) is 25.0 Å². The summed E-state index contributed by atoms with van der Waals surface area (Å²) in [5.74, 6) is -0.102. The van der Waals surface area contributed by atoms with Crippen molar-refractivity contribution < 1.29 is 4.79 Å². The standard InChI is InChI=1S/C13H18N4OS/c1-14-13(19)16-15-12(18)9-17-8-4-6-10-5-2-3-7-11(10)17/h2-3,5,7H,4,6,8-9H2,1H3,(H,15,18)(H2,14,16,19). The number of anilines is 1. The second kappa shape index (κ2) is 6.38. The molecule has 0 saturated heterocycles. The van der Waals surface area contributed by atoms with Crippen molar-refractivity contribution in [1.82, 2.24) is 16.2 Å². The van der Waals surface area contributed by atoms with Crippen molar-refractivity contribution in [3.05, 3.63) is 29.8 Å². The van der Waals surface area contributed by atoms with Gasteiger partial charge in [-0.3, -0.25) is 15.6 Å². The van der Waals surface area contributed by atoms with Gasteiger partial charge < -0.3 is 10.2 Å². The van der Waals surface area contributed by atoms with E-state index in [2.05, 4.69) is 33.2 Å². The predicted molar refractivity (Wildman–Crippen MR) is 79.9 cm³/mol. The van der Waals surface area contributed by atoms with E-state index in [0.29, 0.717) is 11.7 Å². The quantitative estimate of drug-likeness (QED) is 0.545. The number of nitrogens with zero attached hydrogens (tertiary/aromatic N) is 1. The molecule has 1 aromatic carbocycles. The fourth-order valence-corrected chi connectivity index (χ4v) is 2.23. The average molecular weight is 278 g/mol. The van der Waals surface area contributed by atoms with Crippen LogP contribution in [0.2, 0.25) is 0 Å². The van der Waals surface area contributed by atoms with Crippen LogP contribution in [0.15, 0.2) is 24.3 Å². The smallest absolute Gasteiger partial charge is 0.257 e. The maximum absolute atomic E-state index is 11.8. The highest BCUT2D eigenvalue weighted by molar-refractivity contribution is 7.80. The van der Waals surface area contributed by atoms with Gasteiger partial charge in [0.15, 0.2) is 5.11 Å². The second-order valence-corrected chi connectivity index (χ2v) is 4.81. The van der Waals surface area contributed by atoms with Crippen LogP contribution in [-0.2, 0) is 11.2 Å². The first kappa shape index (κ1) is 13.6. The van der Waals surface area contributed by atoms with Gasteiger partial charge in [-0.1, -0.05) is 18.2 Å². The molecule has 0 atom stereocenters. The van der Waals surface area contributed by atoms with Crippen LogP contribution in [0.4, 0.5) is 5.69 Å². The zero-order valence-electron chi connectivity index (χ0n) is 10.9. The van der Waals surface area contributed by atoms with Gasteiger partial charge in [0.05, 0.1) is 6.54 Å². The van der Waals surface area contributed by atoms with Crippen LogP contribution < -0.4 is 21.1 Å². The number of hydrogen-bond donors (Lipinski definition) is 3. The number of nitrogens with one attached hydrogen (secondary N) is 3. The molecule has 3 N–H and O–H groups in total. The third kappa shape index (κ3) is 3.57. The van der Waals surface area contributed by atoms with Crippen molar-refractivity contribution >= 4 is 28.9 Å². The Bertz CT molecular complexity index is 477. The maximum Gasteiger partial charge on any atom is 0.257 e. The van der Waals surface area contributed by atoms with E-state index < -0.39 is 0 Å². The van der Waals surface area contributed by atoms with E-state index in [1.807, 2.05) is 12.1 Å². The molecular formula is C13H18N4OS. The first-order valence-electron chi connectivity index (χ1n) is 6.30. The van der Waals surface area contributed by atoms with E-state index in [4.69, 9.17) is 12.2 Å². The summed E-state index contributed by atoms with van der Waals surface area (Å²) in [5.41, 5.74) is 7.68. The van der Waals surface area contributed by atoms with Crippen molar-refractivity contribution in [2.45, 2.75) is 12.8 Å². The van der Waals surface area contributed by atoms with E-state index in [-0.39, 0.29) is 5.91 Å². The number of carbonyl (C=O) groups excluding carboxylic acids is 1. The van der Waals surface area contributed by atoms with Gasteiger partial charge in [0, 0.05) is 19.3 Å². The molecule has 1 aliphatic heterocycles. The first-order valence-corrected chi connectivity index (χ1v) is 6.71. The van der Waals surface area contributed by atoms with Crippen molar-refractivity contribution in [2.24, 2.45) is 0 Å². The van der Waals surface area contributed by atoms with Gasteiger partial charge in [0.1, 0.15) is 0 Å². The summed E-state index contributed by atoms with van der Waals surface area (Å²) in [6.07, 6.45) is 2.16. The Morgan fingerprint density at radius 1 is 1.37 bits per heavy atom. The Kier molecular flexibility index (Phi) is 4.57. The molecule has 0 radical (unpaired) electrons. The van der Waals surface area contributed by atoms with Crippen LogP contribution in [-0.4, -0.2) is 31.2 Å². The molecule has 6 heteroatoms. The molecule has 1 aromatic rings. The van der Waals surface area contributed by atoms with Crippen LogP contribution in [0, 0.1) is 0 Å². The minimum absolute atomic E-state index is 0.102. The number of rotatable bonds is 2. The molecule has 0 fully saturated rings. The monoisotopic (exact) mass is 278 g/mol. The number of fused-ring (bicyclic) bond motifs is 1. The van der Waals surface area contributed by atoms with Gasteiger partial charge in [-0.2, -0.15) is 0 Å². The molecule has 1 amide bonds. The van der Waals surface area contributed by atoms with E-state index in [0.717, 1.165) is 25.1 Å². The summed E-state index contributed by atoms with van der Waals surface area (Å²) in [7, 11) is 1.70. The van der Waals surface area contributed by atoms with Gasteiger partial charge in [0.25, 0.3) is 5.91 Å². The van der Waals surface area contributed by atoms with Crippen LogP contribution in [0.25, 0.3) is 0 Å². The zero-order chi connectivity index (χ0) is 13.7. The highest BCUT2D eigenvalue weighted by atomic mass is 32.1. The molecule has 0 bridgehead atoms. The molecule has 0 aromatic heterocycles. The third-order valence-corrected chi connectivity index (χ3v) is 3.39. The summed E-state index contributed by atoms with van der Waals surface area (Å²) >= 11 is 4.89. The van der Waals surface area contributed by atoms with E-state index >= 15 is 0 Å². The summed E-state index contributed by atoms with van der Waals surface area (Å²) in [5, 5.41) is 3.13. The number of hydrogen-bond acceptors (Lipinski definition) is 3. The predicted octanol–water partition coefficient (Wildman–Crippen LogP) is 0.564. The SMILES string of the molecule is CNC(=S)NNC(=O)CN1CCCc2ccccc21. The topological polar surface area (TPSA) is 56.4 Å². The molecule has 1 heterocycles. The summed E-state index contributed by atoms with van der Waals surface area (Å²) in [6, 6.07) is 8.22. The van der Waals surface area contributed by atoms with Crippen LogP contribution in [0.5, 0.6) is 0 Å². The Hall–Kier alpha value is -1.82. The minimum atomic E-state index is -0.102. The number of carbonyl (C=O) groups is 1. The summed E-state index contributed by atoms with van der Waals surface area (Å²) < 4.78 is 0. The number of amides is 1. The Labute approximate surface area is 118 Å². The Balaban J connectivity index is 1.93. The van der Waals surface area contributed by atoms with Crippen molar-refractivity contribution in [1.29, 1.82) is 0 Å². The fraction of sp³-hybridized carbons (Fsp3) is 0.385. The van der Waals surface area contributed by atoms with Crippen LogP contribution in [0.1, 0.15) is 12.0 Å². The fourth-order valence-electron chi connectivity index (χ4n) is 2.18. The molecule has 1 aliphatic rings.